The highest BCUT2D eigenvalue weighted by molar-refractivity contribution is 5.98. The Morgan fingerprint density at radius 3 is 2.88 bits per heavy atom. The quantitative estimate of drug-likeness (QED) is 0.812. The number of tetrazole rings is 1. The Morgan fingerprint density at radius 2 is 2.25 bits per heavy atom. The van der Waals surface area contributed by atoms with E-state index < -0.39 is 5.97 Å². The van der Waals surface area contributed by atoms with Gasteiger partial charge >= 0.3 is 5.97 Å². The van der Waals surface area contributed by atoms with Gasteiger partial charge in [-0.15, -0.1) is 10.2 Å². The van der Waals surface area contributed by atoms with Gasteiger partial charge in [-0.2, -0.15) is 4.80 Å². The Kier molecular flexibility index (Phi) is 4.30. The molecule has 128 valence electrons. The smallest absolute Gasteiger partial charge is 0.352 e. The molecule has 3 heterocycles. The Hall–Kier alpha value is -2.75. The highest BCUT2D eigenvalue weighted by Gasteiger charge is 2.28. The SMILES string of the molecule is CCN(Cc1nnn(C)n1)C(=O)c1cc(C(=O)O)n2c1COCC2. The molecular weight excluding hydrogens is 316 g/mol. The van der Waals surface area contributed by atoms with Crippen LogP contribution in [-0.4, -0.2) is 59.8 Å². The molecule has 24 heavy (non-hydrogen) atoms. The molecule has 3 rings (SSSR count). The Bertz CT molecular complexity index is 780. The Labute approximate surface area is 137 Å². The number of carbonyl (C=O) groups is 2. The number of carboxylic acid groups (broad SMARTS) is 1. The highest BCUT2D eigenvalue weighted by atomic mass is 16.5. The van der Waals surface area contributed by atoms with Crippen LogP contribution >= 0.6 is 0 Å². The lowest BCUT2D eigenvalue weighted by Gasteiger charge is -2.22. The zero-order chi connectivity index (χ0) is 17.3. The minimum atomic E-state index is -1.06. The zero-order valence-electron chi connectivity index (χ0n) is 13.5. The summed E-state index contributed by atoms with van der Waals surface area (Å²) >= 11 is 0. The van der Waals surface area contributed by atoms with E-state index in [9.17, 15) is 14.7 Å². The number of rotatable bonds is 5. The summed E-state index contributed by atoms with van der Waals surface area (Å²) in [6, 6.07) is 1.42. The summed E-state index contributed by atoms with van der Waals surface area (Å²) in [5.74, 6) is -0.905. The van der Waals surface area contributed by atoms with Gasteiger partial charge in [-0.3, -0.25) is 4.79 Å². The number of amides is 1. The standard InChI is InChI=1S/C14H18N6O4/c1-3-19(7-12-15-17-18(2)16-12)13(21)9-6-10(14(22)23)20-4-5-24-8-11(9)20/h6H,3-5,7-8H2,1-2H3,(H,22,23). The van der Waals surface area contributed by atoms with Crippen molar-refractivity contribution in [3.05, 3.63) is 28.8 Å². The van der Waals surface area contributed by atoms with Crippen molar-refractivity contribution in [2.45, 2.75) is 26.6 Å². The molecular formula is C14H18N6O4. The molecule has 2 aromatic heterocycles. The molecule has 1 N–H and O–H groups in total. The van der Waals surface area contributed by atoms with E-state index in [1.54, 1.807) is 16.5 Å². The third kappa shape index (κ3) is 2.87. The summed E-state index contributed by atoms with van der Waals surface area (Å²) in [6.45, 7) is 3.54. The molecule has 0 aliphatic carbocycles. The van der Waals surface area contributed by atoms with Crippen molar-refractivity contribution in [3.63, 3.8) is 0 Å². The van der Waals surface area contributed by atoms with Crippen LogP contribution < -0.4 is 0 Å². The normalized spacial score (nSPS) is 13.6. The first kappa shape index (κ1) is 16.1. The van der Waals surface area contributed by atoms with Crippen LogP contribution in [-0.2, 0) is 31.5 Å². The molecule has 1 aliphatic rings. The molecule has 10 nitrogen and oxygen atoms in total. The van der Waals surface area contributed by atoms with Crippen molar-refractivity contribution >= 4 is 11.9 Å². The molecule has 0 unspecified atom stereocenters. The molecule has 0 fully saturated rings. The van der Waals surface area contributed by atoms with Crippen LogP contribution in [0.25, 0.3) is 0 Å². The molecule has 0 radical (unpaired) electrons. The van der Waals surface area contributed by atoms with Gasteiger partial charge in [0.05, 0.1) is 38.1 Å². The van der Waals surface area contributed by atoms with Crippen LogP contribution in [0.4, 0.5) is 0 Å². The molecule has 1 aliphatic heterocycles. The molecule has 0 saturated heterocycles. The average molecular weight is 334 g/mol. The van der Waals surface area contributed by atoms with Gasteiger partial charge in [0.2, 0.25) is 0 Å². The van der Waals surface area contributed by atoms with Gasteiger partial charge in [0, 0.05) is 13.1 Å². The van der Waals surface area contributed by atoms with Gasteiger partial charge in [0.15, 0.2) is 5.82 Å². The summed E-state index contributed by atoms with van der Waals surface area (Å²) < 4.78 is 7.02. The summed E-state index contributed by atoms with van der Waals surface area (Å²) in [5, 5.41) is 21.1. The minimum Gasteiger partial charge on any atom is -0.477 e. The molecule has 0 spiro atoms. The van der Waals surface area contributed by atoms with Crippen LogP contribution in [0.3, 0.4) is 0 Å². The number of ether oxygens (including phenoxy) is 1. The second-order valence-corrected chi connectivity index (χ2v) is 5.41. The number of carbonyl (C=O) groups excluding carboxylic acids is 1. The average Bonchev–Trinajstić information content (AvgIpc) is 3.15. The summed E-state index contributed by atoms with van der Waals surface area (Å²) in [5.41, 5.74) is 1.04. The first-order chi connectivity index (χ1) is 11.5. The summed E-state index contributed by atoms with van der Waals surface area (Å²) in [4.78, 5) is 27.2. The molecule has 10 heteroatoms. The number of aromatic nitrogens is 5. The van der Waals surface area contributed by atoms with Gasteiger partial charge in [0.25, 0.3) is 5.91 Å². The van der Waals surface area contributed by atoms with Gasteiger partial charge in [-0.25, -0.2) is 4.79 Å². The first-order valence-corrected chi connectivity index (χ1v) is 7.56. The number of aryl methyl sites for hydroxylation is 1. The number of hydrogen-bond acceptors (Lipinski definition) is 6. The summed E-state index contributed by atoms with van der Waals surface area (Å²) in [6.07, 6.45) is 0. The van der Waals surface area contributed by atoms with Gasteiger partial charge < -0.3 is 19.3 Å². The van der Waals surface area contributed by atoms with Crippen LogP contribution in [0, 0.1) is 0 Å². The highest BCUT2D eigenvalue weighted by Crippen LogP contribution is 2.23. The molecule has 0 aromatic carbocycles. The number of hydrogen-bond donors (Lipinski definition) is 1. The lowest BCUT2D eigenvalue weighted by Crippen LogP contribution is -2.32. The van der Waals surface area contributed by atoms with Crippen molar-refractivity contribution in [1.82, 2.24) is 29.7 Å². The van der Waals surface area contributed by atoms with Gasteiger partial charge in [-0.05, 0) is 18.2 Å². The van der Waals surface area contributed by atoms with Crippen LogP contribution in [0.15, 0.2) is 6.07 Å². The van der Waals surface area contributed by atoms with Crippen LogP contribution in [0.1, 0.15) is 39.3 Å². The van der Waals surface area contributed by atoms with E-state index in [1.165, 1.54) is 10.9 Å². The third-order valence-corrected chi connectivity index (χ3v) is 3.91. The monoisotopic (exact) mass is 334 g/mol. The van der Waals surface area contributed by atoms with E-state index in [-0.39, 0.29) is 24.8 Å². The van der Waals surface area contributed by atoms with Crippen molar-refractivity contribution < 1.29 is 19.4 Å². The largest absolute Gasteiger partial charge is 0.477 e. The molecule has 0 saturated carbocycles. The second-order valence-electron chi connectivity index (χ2n) is 5.41. The van der Waals surface area contributed by atoms with E-state index in [4.69, 9.17) is 4.74 Å². The van der Waals surface area contributed by atoms with Gasteiger partial charge in [-0.1, -0.05) is 0 Å². The van der Waals surface area contributed by atoms with E-state index in [0.29, 0.717) is 36.8 Å². The minimum absolute atomic E-state index is 0.102. The van der Waals surface area contributed by atoms with E-state index >= 15 is 0 Å². The van der Waals surface area contributed by atoms with Crippen molar-refractivity contribution in [2.75, 3.05) is 13.2 Å². The van der Waals surface area contributed by atoms with E-state index in [1.807, 2.05) is 6.92 Å². The number of nitrogens with zero attached hydrogens (tertiary/aromatic N) is 6. The summed E-state index contributed by atoms with van der Waals surface area (Å²) in [7, 11) is 1.65. The molecule has 2 aromatic rings. The fourth-order valence-electron chi connectivity index (χ4n) is 2.74. The predicted octanol–water partition coefficient (Wildman–Crippen LogP) is -0.0977. The van der Waals surface area contributed by atoms with Crippen molar-refractivity contribution in [3.8, 4) is 0 Å². The lowest BCUT2D eigenvalue weighted by atomic mass is 10.2. The Balaban J connectivity index is 1.91. The third-order valence-electron chi connectivity index (χ3n) is 3.91. The molecule has 1 amide bonds. The maximum Gasteiger partial charge on any atom is 0.352 e. The fourth-order valence-corrected chi connectivity index (χ4v) is 2.74. The van der Waals surface area contributed by atoms with E-state index in [0.717, 1.165) is 0 Å². The topological polar surface area (TPSA) is 115 Å². The molecule has 0 atom stereocenters. The van der Waals surface area contributed by atoms with Crippen molar-refractivity contribution in [1.29, 1.82) is 0 Å². The predicted molar refractivity (Wildman–Crippen MR) is 80.3 cm³/mol. The number of fused-ring (bicyclic) bond motifs is 1. The van der Waals surface area contributed by atoms with Crippen molar-refractivity contribution in [2.24, 2.45) is 7.05 Å². The lowest BCUT2D eigenvalue weighted by molar-refractivity contribution is 0.0633. The number of aromatic carboxylic acids is 1. The van der Waals surface area contributed by atoms with Gasteiger partial charge in [0.1, 0.15) is 5.69 Å². The fraction of sp³-hybridized carbons (Fsp3) is 0.500. The van der Waals surface area contributed by atoms with E-state index in [2.05, 4.69) is 15.4 Å². The Morgan fingerprint density at radius 1 is 1.46 bits per heavy atom. The van der Waals surface area contributed by atoms with Crippen LogP contribution in [0.2, 0.25) is 0 Å². The first-order valence-electron chi connectivity index (χ1n) is 7.56. The van der Waals surface area contributed by atoms with Crippen LogP contribution in [0.5, 0.6) is 0 Å². The molecule has 0 bridgehead atoms. The maximum absolute atomic E-state index is 12.9. The zero-order valence-corrected chi connectivity index (χ0v) is 13.5. The number of carboxylic acids is 1. The maximum atomic E-state index is 12.9. The second kappa shape index (κ2) is 6.40.